The van der Waals surface area contributed by atoms with Gasteiger partial charge >= 0.3 is 0 Å². The molecule has 15 heavy (non-hydrogen) atoms. The van der Waals surface area contributed by atoms with Crippen LogP contribution in [0.3, 0.4) is 0 Å². The van der Waals surface area contributed by atoms with Gasteiger partial charge in [0.05, 0.1) is 0 Å². The summed E-state index contributed by atoms with van der Waals surface area (Å²) in [6.45, 7) is 21.2. The predicted octanol–water partition coefficient (Wildman–Crippen LogP) is 2.48. The number of hydrogen-bond acceptors (Lipinski definition) is 1. The summed E-state index contributed by atoms with van der Waals surface area (Å²) in [5.41, 5.74) is 0.701. The summed E-state index contributed by atoms with van der Waals surface area (Å²) in [6, 6.07) is 0. The zero-order chi connectivity index (χ0) is 12.5. The van der Waals surface area contributed by atoms with E-state index in [4.69, 9.17) is 0 Å². The van der Waals surface area contributed by atoms with Gasteiger partial charge in [-0.1, -0.05) is 55.4 Å². The van der Waals surface area contributed by atoms with Crippen LogP contribution in [0, 0.1) is 10.8 Å². The molecule has 0 radical (unpaired) electrons. The summed E-state index contributed by atoms with van der Waals surface area (Å²) in [5, 5.41) is 0.365. The first-order valence-electron chi connectivity index (χ1n) is 6.27. The highest BCUT2D eigenvalue weighted by molar-refractivity contribution is 6.16. The topological polar surface area (TPSA) is 3.24 Å². The van der Waals surface area contributed by atoms with Gasteiger partial charge in [0.25, 0.3) is 0 Å². The van der Waals surface area contributed by atoms with E-state index < -0.39 is 0 Å². The standard InChI is InChI=1S/C13H31NSi/c1-9-14(10-2)13(15,11(3,4)5)12(6,7)8/h9-10H2,1-8,15H3. The minimum absolute atomic E-state index is 0.351. The lowest BCUT2D eigenvalue weighted by atomic mass is 9.70. The van der Waals surface area contributed by atoms with E-state index in [9.17, 15) is 0 Å². The number of hydrogen-bond donors (Lipinski definition) is 0. The van der Waals surface area contributed by atoms with Crippen molar-refractivity contribution in [2.75, 3.05) is 13.1 Å². The molecule has 0 aromatic rings. The smallest absolute Gasteiger partial charge is 0.0297 e. The van der Waals surface area contributed by atoms with Crippen LogP contribution in [0.15, 0.2) is 0 Å². The third kappa shape index (κ3) is 2.65. The monoisotopic (exact) mass is 229 g/mol. The normalized spacial score (nSPS) is 15.0. The fraction of sp³-hybridized carbons (Fsp3) is 1.00. The van der Waals surface area contributed by atoms with Gasteiger partial charge in [-0.2, -0.15) is 0 Å². The molecule has 0 heterocycles. The summed E-state index contributed by atoms with van der Waals surface area (Å²) in [7, 11) is 1.21. The van der Waals surface area contributed by atoms with Crippen molar-refractivity contribution in [2.24, 2.45) is 10.8 Å². The van der Waals surface area contributed by atoms with Crippen molar-refractivity contribution in [1.29, 1.82) is 0 Å². The zero-order valence-electron chi connectivity index (χ0n) is 12.4. The minimum Gasteiger partial charge on any atom is -0.301 e. The van der Waals surface area contributed by atoms with Crippen LogP contribution in [0.4, 0.5) is 0 Å². The maximum Gasteiger partial charge on any atom is 0.0297 e. The summed E-state index contributed by atoms with van der Waals surface area (Å²) >= 11 is 0. The SMILES string of the molecule is CCN(CC)C([SiH3])(C(C)(C)C)C(C)(C)C. The van der Waals surface area contributed by atoms with Gasteiger partial charge in [0, 0.05) is 15.4 Å². The van der Waals surface area contributed by atoms with Crippen molar-refractivity contribution in [2.45, 2.75) is 60.6 Å². The van der Waals surface area contributed by atoms with Gasteiger partial charge in [-0.15, -0.1) is 0 Å². The zero-order valence-corrected chi connectivity index (χ0v) is 14.4. The summed E-state index contributed by atoms with van der Waals surface area (Å²) < 4.78 is 0. The van der Waals surface area contributed by atoms with Gasteiger partial charge < -0.3 is 4.90 Å². The van der Waals surface area contributed by atoms with Gasteiger partial charge in [-0.25, -0.2) is 0 Å². The van der Waals surface area contributed by atoms with Crippen LogP contribution in [0.2, 0.25) is 0 Å². The first kappa shape index (κ1) is 15.2. The van der Waals surface area contributed by atoms with Crippen LogP contribution in [0.5, 0.6) is 0 Å². The van der Waals surface area contributed by atoms with E-state index in [-0.39, 0.29) is 0 Å². The van der Waals surface area contributed by atoms with Crippen molar-refractivity contribution in [1.82, 2.24) is 4.90 Å². The molecule has 0 amide bonds. The molecule has 0 unspecified atom stereocenters. The quantitative estimate of drug-likeness (QED) is 0.672. The Labute approximate surface area is 100 Å². The van der Waals surface area contributed by atoms with Crippen LogP contribution >= 0.6 is 0 Å². The highest BCUT2D eigenvalue weighted by atomic mass is 28.1. The van der Waals surface area contributed by atoms with Gasteiger partial charge in [0.2, 0.25) is 0 Å². The molecule has 0 fully saturated rings. The Morgan fingerprint density at radius 1 is 0.800 bits per heavy atom. The molecule has 0 saturated heterocycles. The molecular formula is C13H31NSi. The van der Waals surface area contributed by atoms with Crippen LogP contribution in [0.1, 0.15) is 55.4 Å². The Balaban J connectivity index is 5.40. The largest absolute Gasteiger partial charge is 0.301 e. The van der Waals surface area contributed by atoms with Crippen molar-refractivity contribution in [3.05, 3.63) is 0 Å². The average molecular weight is 229 g/mol. The molecule has 0 aliphatic heterocycles. The highest BCUT2D eigenvalue weighted by Gasteiger charge is 2.49. The third-order valence-electron chi connectivity index (χ3n) is 4.32. The van der Waals surface area contributed by atoms with Crippen molar-refractivity contribution in [3.8, 4) is 0 Å². The molecule has 0 aliphatic carbocycles. The molecule has 0 rings (SSSR count). The summed E-state index contributed by atoms with van der Waals surface area (Å²) in [4.78, 5) is 2.67. The van der Waals surface area contributed by atoms with E-state index in [2.05, 4.69) is 60.3 Å². The summed E-state index contributed by atoms with van der Waals surface area (Å²) in [5.74, 6) is 0. The van der Waals surface area contributed by atoms with Crippen LogP contribution in [-0.2, 0) is 0 Å². The lowest BCUT2D eigenvalue weighted by Crippen LogP contribution is -2.65. The fourth-order valence-corrected chi connectivity index (χ4v) is 3.56. The van der Waals surface area contributed by atoms with Crippen molar-refractivity contribution < 1.29 is 0 Å². The van der Waals surface area contributed by atoms with E-state index in [0.717, 1.165) is 13.1 Å². The second-order valence-electron chi connectivity index (χ2n) is 6.74. The maximum atomic E-state index is 2.67. The molecule has 1 nitrogen and oxygen atoms in total. The molecule has 0 spiro atoms. The second-order valence-corrected chi connectivity index (χ2v) is 8.19. The van der Waals surface area contributed by atoms with Gasteiger partial charge in [-0.05, 0) is 23.9 Å². The molecule has 0 atom stereocenters. The molecule has 0 aromatic heterocycles. The minimum atomic E-state index is 0.351. The molecule has 0 aromatic carbocycles. The molecule has 0 aliphatic rings. The van der Waals surface area contributed by atoms with E-state index in [1.165, 1.54) is 10.2 Å². The van der Waals surface area contributed by atoms with Crippen LogP contribution in [-0.4, -0.2) is 33.4 Å². The van der Waals surface area contributed by atoms with E-state index in [1.807, 2.05) is 0 Å². The van der Waals surface area contributed by atoms with Gasteiger partial charge in [0.1, 0.15) is 0 Å². The van der Waals surface area contributed by atoms with Crippen LogP contribution < -0.4 is 0 Å². The van der Waals surface area contributed by atoms with E-state index in [0.29, 0.717) is 16.0 Å². The second kappa shape index (κ2) is 4.58. The molecule has 0 N–H and O–H groups in total. The average Bonchev–Trinajstić information content (AvgIpc) is 2.02. The fourth-order valence-electron chi connectivity index (χ4n) is 2.93. The maximum absolute atomic E-state index is 2.67. The number of rotatable bonds is 3. The van der Waals surface area contributed by atoms with Crippen molar-refractivity contribution >= 4 is 10.2 Å². The van der Waals surface area contributed by atoms with Gasteiger partial charge in [0.15, 0.2) is 0 Å². The Kier molecular flexibility index (Phi) is 4.64. The molecule has 0 bridgehead atoms. The predicted molar refractivity (Wildman–Crippen MR) is 74.5 cm³/mol. The molecule has 0 saturated carbocycles. The lowest BCUT2D eigenvalue weighted by molar-refractivity contribution is -0.0155. The number of nitrogens with zero attached hydrogens (tertiary/aromatic N) is 1. The summed E-state index contributed by atoms with van der Waals surface area (Å²) in [6.07, 6.45) is 0. The first-order chi connectivity index (χ1) is 6.52. The van der Waals surface area contributed by atoms with E-state index >= 15 is 0 Å². The Morgan fingerprint density at radius 3 is 1.13 bits per heavy atom. The Morgan fingerprint density at radius 2 is 1.07 bits per heavy atom. The Hall–Kier alpha value is 0.177. The van der Waals surface area contributed by atoms with Gasteiger partial charge in [-0.3, -0.25) is 0 Å². The molecule has 92 valence electrons. The highest BCUT2D eigenvalue weighted by Crippen LogP contribution is 2.45. The third-order valence-corrected chi connectivity index (χ3v) is 7.95. The lowest BCUT2D eigenvalue weighted by Gasteiger charge is -2.57. The van der Waals surface area contributed by atoms with Crippen LogP contribution in [0.25, 0.3) is 0 Å². The first-order valence-corrected chi connectivity index (χ1v) is 7.27. The van der Waals surface area contributed by atoms with E-state index in [1.54, 1.807) is 0 Å². The van der Waals surface area contributed by atoms with Crippen molar-refractivity contribution in [3.63, 3.8) is 0 Å². The molecule has 2 heteroatoms. The Bertz CT molecular complexity index is 180. The molecular weight excluding hydrogens is 198 g/mol.